The summed E-state index contributed by atoms with van der Waals surface area (Å²) in [6.07, 6.45) is 0.901. The third-order valence-corrected chi connectivity index (χ3v) is 7.31. The maximum absolute atomic E-state index is 13.5. The number of nitrogens with zero attached hydrogens (tertiary/aromatic N) is 2. The Labute approximate surface area is 238 Å². The fraction of sp³-hybridized carbons (Fsp3) is 0.500. The number of aliphatic hydroxyl groups is 1. The van der Waals surface area contributed by atoms with Gasteiger partial charge >= 0.3 is 0 Å². The molecule has 0 bridgehead atoms. The largest absolute Gasteiger partial charge is 0.507 e. The number of ketones is 1. The third kappa shape index (κ3) is 6.97. The number of ether oxygens (including phenoxy) is 3. The van der Waals surface area contributed by atoms with Gasteiger partial charge in [0.25, 0.3) is 11.7 Å². The Balaban J connectivity index is 2.11. The second kappa shape index (κ2) is 14.2. The van der Waals surface area contributed by atoms with E-state index in [1.165, 1.54) is 0 Å². The first kappa shape index (κ1) is 31.0. The van der Waals surface area contributed by atoms with E-state index in [0.29, 0.717) is 60.6 Å². The first-order valence-electron chi connectivity index (χ1n) is 14.2. The van der Waals surface area contributed by atoms with Crippen molar-refractivity contribution in [2.75, 3.05) is 46.5 Å². The predicted octanol–water partition coefficient (Wildman–Crippen LogP) is 5.59. The molecular formula is C32H44N2O6. The molecule has 1 aliphatic rings. The van der Waals surface area contributed by atoms with Gasteiger partial charge in [0.1, 0.15) is 11.5 Å². The van der Waals surface area contributed by atoms with Crippen LogP contribution in [0.3, 0.4) is 0 Å². The summed E-state index contributed by atoms with van der Waals surface area (Å²) in [6, 6.07) is 9.96. The number of carbonyl (C=O) groups excluding carboxylic acids is 2. The van der Waals surface area contributed by atoms with Crippen molar-refractivity contribution >= 4 is 17.4 Å². The molecule has 1 heterocycles. The average Bonchev–Trinajstić information content (AvgIpc) is 3.18. The Morgan fingerprint density at radius 1 is 1.02 bits per heavy atom. The second-order valence-electron chi connectivity index (χ2n) is 10.4. The van der Waals surface area contributed by atoms with E-state index in [2.05, 4.69) is 32.6 Å². The minimum absolute atomic E-state index is 0.0623. The van der Waals surface area contributed by atoms with Crippen LogP contribution in [0.5, 0.6) is 17.2 Å². The maximum atomic E-state index is 13.5. The van der Waals surface area contributed by atoms with Gasteiger partial charge in [0.2, 0.25) is 0 Å². The zero-order valence-corrected chi connectivity index (χ0v) is 25.0. The van der Waals surface area contributed by atoms with Gasteiger partial charge < -0.3 is 29.1 Å². The maximum Gasteiger partial charge on any atom is 0.295 e. The Bertz CT molecular complexity index is 1220. The summed E-state index contributed by atoms with van der Waals surface area (Å²) in [5.41, 5.74) is 1.95. The number of likely N-dealkylation sites (tertiary alicyclic amines) is 1. The van der Waals surface area contributed by atoms with Crippen LogP contribution in [0.4, 0.5) is 0 Å². The molecule has 1 aliphatic heterocycles. The average molecular weight is 553 g/mol. The minimum atomic E-state index is -0.778. The van der Waals surface area contributed by atoms with Crippen LogP contribution in [0.15, 0.2) is 42.0 Å². The molecule has 8 heteroatoms. The fourth-order valence-electron chi connectivity index (χ4n) is 4.93. The summed E-state index contributed by atoms with van der Waals surface area (Å²) in [4.78, 5) is 30.7. The molecular weight excluding hydrogens is 508 g/mol. The molecule has 8 nitrogen and oxygen atoms in total. The Kier molecular flexibility index (Phi) is 11.0. The van der Waals surface area contributed by atoms with Gasteiger partial charge in [0, 0.05) is 18.7 Å². The first-order chi connectivity index (χ1) is 19.2. The number of aliphatic hydroxyl groups excluding tert-OH is 1. The summed E-state index contributed by atoms with van der Waals surface area (Å²) < 4.78 is 17.2. The van der Waals surface area contributed by atoms with Crippen molar-refractivity contribution in [3.8, 4) is 17.2 Å². The fourth-order valence-corrected chi connectivity index (χ4v) is 4.93. The summed E-state index contributed by atoms with van der Waals surface area (Å²) in [6.45, 7) is 15.8. The van der Waals surface area contributed by atoms with Crippen LogP contribution in [-0.4, -0.2) is 73.1 Å². The van der Waals surface area contributed by atoms with Crippen molar-refractivity contribution < 1.29 is 28.9 Å². The van der Waals surface area contributed by atoms with Crippen molar-refractivity contribution in [3.63, 3.8) is 0 Å². The van der Waals surface area contributed by atoms with Crippen LogP contribution >= 0.6 is 0 Å². The van der Waals surface area contributed by atoms with Crippen LogP contribution in [0.1, 0.15) is 63.8 Å². The lowest BCUT2D eigenvalue weighted by atomic mass is 9.93. The number of Topliss-reactive ketones (excluding diaryl/α,β-unsaturated/α-hetero) is 1. The van der Waals surface area contributed by atoms with E-state index in [4.69, 9.17) is 14.2 Å². The number of amides is 1. The lowest BCUT2D eigenvalue weighted by Gasteiger charge is -2.28. The van der Waals surface area contributed by atoms with Gasteiger partial charge in [-0.05, 0) is 80.7 Å². The molecule has 0 aromatic heterocycles. The number of aryl methyl sites for hydroxylation is 1. The topological polar surface area (TPSA) is 88.5 Å². The number of hydrogen-bond donors (Lipinski definition) is 1. The smallest absolute Gasteiger partial charge is 0.295 e. The number of benzene rings is 2. The highest BCUT2D eigenvalue weighted by Crippen LogP contribution is 2.42. The SMILES string of the molecule is CCOc1ccc(/C(O)=C2\C(=O)C(=O)N(CCN(CC)CC)C2c2ccc(OCCC(C)C)c(OC)c2)c(C)c1. The number of hydrogen-bond acceptors (Lipinski definition) is 7. The van der Waals surface area contributed by atoms with E-state index in [1.807, 2.05) is 26.0 Å². The lowest BCUT2D eigenvalue weighted by molar-refractivity contribution is -0.140. The van der Waals surface area contributed by atoms with Crippen molar-refractivity contribution in [2.24, 2.45) is 5.92 Å². The molecule has 3 rings (SSSR count). The molecule has 0 radical (unpaired) electrons. The van der Waals surface area contributed by atoms with Gasteiger partial charge in [-0.3, -0.25) is 9.59 Å². The lowest BCUT2D eigenvalue weighted by Crippen LogP contribution is -2.38. The Morgan fingerprint density at radius 2 is 1.75 bits per heavy atom. The van der Waals surface area contributed by atoms with E-state index in [9.17, 15) is 14.7 Å². The number of likely N-dealkylation sites (N-methyl/N-ethyl adjacent to an activating group) is 1. The van der Waals surface area contributed by atoms with E-state index in [-0.39, 0.29) is 11.3 Å². The summed E-state index contributed by atoms with van der Waals surface area (Å²) in [5, 5.41) is 11.6. The van der Waals surface area contributed by atoms with Crippen molar-refractivity contribution in [1.82, 2.24) is 9.80 Å². The molecule has 1 N–H and O–H groups in total. The zero-order valence-electron chi connectivity index (χ0n) is 25.0. The standard InChI is InChI=1S/C32H44N2O6/c1-8-33(9-2)16-17-34-29(23-11-14-26(27(20-23)38-7)40-18-15-21(4)5)28(31(36)32(34)37)30(35)25-13-12-24(39-10-3)19-22(25)6/h11-14,19-21,29,35H,8-10,15-18H2,1-7H3/b30-28+. The van der Waals surface area contributed by atoms with Gasteiger partial charge in [0.05, 0.1) is 31.9 Å². The normalized spacial score (nSPS) is 16.7. The van der Waals surface area contributed by atoms with Gasteiger partial charge in [-0.15, -0.1) is 0 Å². The summed E-state index contributed by atoms with van der Waals surface area (Å²) in [7, 11) is 1.56. The van der Waals surface area contributed by atoms with Gasteiger partial charge in [-0.1, -0.05) is 33.8 Å². The van der Waals surface area contributed by atoms with Crippen LogP contribution in [0.25, 0.3) is 5.76 Å². The van der Waals surface area contributed by atoms with Crippen LogP contribution in [0.2, 0.25) is 0 Å². The van der Waals surface area contributed by atoms with Crippen molar-refractivity contribution in [1.29, 1.82) is 0 Å². The van der Waals surface area contributed by atoms with Crippen LogP contribution < -0.4 is 14.2 Å². The molecule has 1 amide bonds. The third-order valence-electron chi connectivity index (χ3n) is 7.31. The zero-order chi connectivity index (χ0) is 29.4. The van der Waals surface area contributed by atoms with Gasteiger partial charge in [-0.2, -0.15) is 0 Å². The molecule has 40 heavy (non-hydrogen) atoms. The summed E-state index contributed by atoms with van der Waals surface area (Å²) >= 11 is 0. The molecule has 0 saturated carbocycles. The van der Waals surface area contributed by atoms with Crippen LogP contribution in [0, 0.1) is 12.8 Å². The van der Waals surface area contributed by atoms with Crippen LogP contribution in [-0.2, 0) is 9.59 Å². The van der Waals surface area contributed by atoms with E-state index >= 15 is 0 Å². The minimum Gasteiger partial charge on any atom is -0.507 e. The molecule has 1 unspecified atom stereocenters. The van der Waals surface area contributed by atoms with E-state index in [0.717, 1.165) is 25.1 Å². The number of methoxy groups -OCH3 is 1. The van der Waals surface area contributed by atoms with E-state index < -0.39 is 17.7 Å². The molecule has 1 saturated heterocycles. The highest BCUT2D eigenvalue weighted by molar-refractivity contribution is 6.46. The highest BCUT2D eigenvalue weighted by Gasteiger charge is 2.46. The molecule has 1 fully saturated rings. The van der Waals surface area contributed by atoms with Crippen molar-refractivity contribution in [3.05, 3.63) is 58.7 Å². The Hall–Kier alpha value is -3.52. The quantitative estimate of drug-likeness (QED) is 0.186. The van der Waals surface area contributed by atoms with E-state index in [1.54, 1.807) is 36.3 Å². The summed E-state index contributed by atoms with van der Waals surface area (Å²) in [5.74, 6) is 0.741. The number of carbonyl (C=O) groups is 2. The van der Waals surface area contributed by atoms with Crippen molar-refractivity contribution in [2.45, 2.75) is 54.0 Å². The van der Waals surface area contributed by atoms with Gasteiger partial charge in [-0.25, -0.2) is 0 Å². The first-order valence-corrected chi connectivity index (χ1v) is 14.2. The highest BCUT2D eigenvalue weighted by atomic mass is 16.5. The molecule has 2 aromatic rings. The molecule has 1 atom stereocenters. The molecule has 218 valence electrons. The molecule has 2 aromatic carbocycles. The molecule has 0 spiro atoms. The molecule has 0 aliphatic carbocycles. The Morgan fingerprint density at radius 3 is 2.35 bits per heavy atom. The predicted molar refractivity (Wildman–Crippen MR) is 157 cm³/mol. The second-order valence-corrected chi connectivity index (χ2v) is 10.4. The number of rotatable bonds is 14. The van der Waals surface area contributed by atoms with Gasteiger partial charge in [0.15, 0.2) is 11.5 Å². The monoisotopic (exact) mass is 552 g/mol.